The van der Waals surface area contributed by atoms with Crippen molar-refractivity contribution < 1.29 is 26.7 Å². The number of anilines is 2. The first-order valence-electron chi connectivity index (χ1n) is 11.9. The van der Waals surface area contributed by atoms with Gasteiger partial charge in [0.15, 0.2) is 17.2 Å². The number of rotatable bonds is 4. The fourth-order valence-electron chi connectivity index (χ4n) is 4.80. The Hall–Kier alpha value is -4.94. The van der Waals surface area contributed by atoms with Crippen molar-refractivity contribution >= 4 is 23.2 Å². The van der Waals surface area contributed by atoms with Crippen LogP contribution >= 0.6 is 0 Å². The minimum atomic E-state index is -4.71. The molecule has 13 heteroatoms. The molecule has 2 aromatic carbocycles. The summed E-state index contributed by atoms with van der Waals surface area (Å²) < 4.78 is 68.6. The molecule has 0 saturated heterocycles. The van der Waals surface area contributed by atoms with E-state index in [1.807, 2.05) is 0 Å². The lowest BCUT2D eigenvalue weighted by atomic mass is 9.78. The number of hydrogen-bond acceptors (Lipinski definition) is 6. The first-order chi connectivity index (χ1) is 18.9. The fraction of sp³-hybridized carbons (Fsp3) is 0.148. The van der Waals surface area contributed by atoms with Crippen LogP contribution in [0.15, 0.2) is 60.9 Å². The molecule has 0 radical (unpaired) electrons. The highest BCUT2D eigenvalue weighted by molar-refractivity contribution is 6.09. The molecule has 0 saturated carbocycles. The number of aromatic nitrogens is 5. The summed E-state index contributed by atoms with van der Waals surface area (Å²) in [6.45, 7) is 1.61. The quantitative estimate of drug-likeness (QED) is 0.307. The second-order valence-corrected chi connectivity index (χ2v) is 9.47. The molecule has 8 nitrogen and oxygen atoms in total. The van der Waals surface area contributed by atoms with Crippen molar-refractivity contribution in [1.82, 2.24) is 24.3 Å². The van der Waals surface area contributed by atoms with Crippen molar-refractivity contribution in [2.24, 2.45) is 0 Å². The van der Waals surface area contributed by atoms with Gasteiger partial charge < -0.3 is 15.5 Å². The maximum absolute atomic E-state index is 13.5. The topological polar surface area (TPSA) is 111 Å². The van der Waals surface area contributed by atoms with Crippen LogP contribution in [0.4, 0.5) is 33.6 Å². The Morgan fingerprint density at radius 1 is 0.925 bits per heavy atom. The summed E-state index contributed by atoms with van der Waals surface area (Å²) in [4.78, 5) is 30.1. The highest BCUT2D eigenvalue weighted by Crippen LogP contribution is 2.45. The molecule has 0 spiro atoms. The average molecular weight is 551 g/mol. The van der Waals surface area contributed by atoms with Gasteiger partial charge in [-0.15, -0.1) is 0 Å². The summed E-state index contributed by atoms with van der Waals surface area (Å²) >= 11 is 0. The molecule has 1 aliphatic heterocycles. The van der Waals surface area contributed by atoms with E-state index in [4.69, 9.17) is 5.73 Å². The second kappa shape index (κ2) is 8.79. The van der Waals surface area contributed by atoms with Crippen LogP contribution in [0.3, 0.4) is 0 Å². The van der Waals surface area contributed by atoms with Gasteiger partial charge in [0.2, 0.25) is 5.91 Å². The van der Waals surface area contributed by atoms with Crippen molar-refractivity contribution in [3.8, 4) is 11.5 Å². The van der Waals surface area contributed by atoms with E-state index in [-0.39, 0.29) is 46.5 Å². The Bertz CT molecular complexity index is 1800. The Morgan fingerprint density at radius 2 is 1.57 bits per heavy atom. The number of fused-ring (bicyclic) bond motifs is 2. The van der Waals surface area contributed by atoms with Crippen LogP contribution < -0.4 is 11.1 Å². The number of imidazole rings is 1. The number of amides is 1. The Balaban J connectivity index is 1.49. The molecule has 3 N–H and O–H groups in total. The van der Waals surface area contributed by atoms with Crippen LogP contribution in [-0.4, -0.2) is 30.2 Å². The number of benzene rings is 2. The highest BCUT2D eigenvalue weighted by atomic mass is 19.4. The maximum Gasteiger partial charge on any atom is 0.434 e. The third-order valence-corrected chi connectivity index (χ3v) is 6.86. The monoisotopic (exact) mass is 551 g/mol. The summed E-state index contributed by atoms with van der Waals surface area (Å²) in [5, 5.41) is 2.68. The maximum atomic E-state index is 13.5. The van der Waals surface area contributed by atoms with E-state index in [9.17, 15) is 26.7 Å². The van der Waals surface area contributed by atoms with Crippen molar-refractivity contribution in [2.75, 3.05) is 11.1 Å². The molecule has 202 valence electrons. The normalized spacial score (nSPS) is 16.8. The number of carbonyl (C=O) groups is 1. The van der Waals surface area contributed by atoms with Crippen molar-refractivity contribution in [2.45, 2.75) is 24.9 Å². The predicted molar refractivity (Wildman–Crippen MR) is 134 cm³/mol. The molecule has 40 heavy (non-hydrogen) atoms. The lowest BCUT2D eigenvalue weighted by Gasteiger charge is -2.23. The van der Waals surface area contributed by atoms with Crippen molar-refractivity contribution in [3.05, 3.63) is 101 Å². The zero-order valence-electron chi connectivity index (χ0n) is 20.6. The third kappa shape index (κ3) is 4.10. The Labute approximate surface area is 222 Å². The average Bonchev–Trinajstić information content (AvgIpc) is 3.45. The van der Waals surface area contributed by atoms with Crippen LogP contribution in [0.5, 0.6) is 0 Å². The molecule has 0 bridgehead atoms. The molecule has 0 fully saturated rings. The van der Waals surface area contributed by atoms with E-state index < -0.39 is 34.8 Å². The number of carbonyl (C=O) groups excluding carboxylic acids is 1. The van der Waals surface area contributed by atoms with Gasteiger partial charge >= 0.3 is 6.18 Å². The van der Waals surface area contributed by atoms with E-state index in [2.05, 4.69) is 25.3 Å². The molecule has 3 aromatic heterocycles. The summed E-state index contributed by atoms with van der Waals surface area (Å²) in [6.07, 6.45) is -2.57. The molecule has 5 aromatic rings. The Morgan fingerprint density at radius 3 is 2.23 bits per heavy atom. The number of nitrogen functional groups attached to an aromatic ring is 1. The van der Waals surface area contributed by atoms with E-state index >= 15 is 0 Å². The number of nitrogens with one attached hydrogen (secondary N) is 1. The molecule has 1 atom stereocenters. The second-order valence-electron chi connectivity index (χ2n) is 9.47. The Kier molecular flexibility index (Phi) is 5.57. The predicted octanol–water partition coefficient (Wildman–Crippen LogP) is 4.91. The molecule has 4 heterocycles. The fourth-order valence-corrected chi connectivity index (χ4v) is 4.80. The third-order valence-electron chi connectivity index (χ3n) is 6.86. The van der Waals surface area contributed by atoms with Gasteiger partial charge in [0.25, 0.3) is 0 Å². The lowest BCUT2D eigenvalue weighted by Crippen LogP contribution is -2.33. The standard InChI is InChI=1S/C27H18F5N7O/c1-26(14-4-8-16(29)9-5-14)20-21(33)36-22(37-23(20)38-25(26)40)18-11-39-12-19(27(30,31)32)35-24(39)17(34-18)10-13-2-6-15(28)7-3-13/h2-9,11-12H,10H2,1H3,(H3,33,36,37,38,40). The molecule has 0 aliphatic carbocycles. The minimum absolute atomic E-state index is 0.0335. The lowest BCUT2D eigenvalue weighted by molar-refractivity contribution is -0.140. The first-order valence-corrected chi connectivity index (χ1v) is 11.9. The molecular formula is C27H18F5N7O. The molecule has 6 rings (SSSR count). The van der Waals surface area contributed by atoms with Gasteiger partial charge in [0.1, 0.15) is 34.4 Å². The number of halogens is 5. The zero-order valence-corrected chi connectivity index (χ0v) is 20.6. The summed E-state index contributed by atoms with van der Waals surface area (Å²) in [6, 6.07) is 10.8. The van der Waals surface area contributed by atoms with Gasteiger partial charge in [-0.05, 0) is 42.3 Å². The zero-order chi connectivity index (χ0) is 28.4. The van der Waals surface area contributed by atoms with Crippen molar-refractivity contribution in [3.63, 3.8) is 0 Å². The van der Waals surface area contributed by atoms with Crippen LogP contribution in [-0.2, 0) is 22.8 Å². The number of alkyl halides is 3. The van der Waals surface area contributed by atoms with E-state index in [1.54, 1.807) is 6.92 Å². The van der Waals surface area contributed by atoms with Gasteiger partial charge in [-0.25, -0.2) is 28.7 Å². The molecule has 1 amide bonds. The van der Waals surface area contributed by atoms with E-state index in [1.165, 1.54) is 54.7 Å². The van der Waals surface area contributed by atoms with Gasteiger partial charge in [-0.1, -0.05) is 24.3 Å². The van der Waals surface area contributed by atoms with E-state index in [0.717, 1.165) is 10.6 Å². The number of nitrogens with two attached hydrogens (primary N) is 1. The SMILES string of the molecule is CC1(c2ccc(F)cc2)C(=O)Nc2nc(-c3cn4cc(C(F)(F)F)nc4c(Cc4ccc(F)cc4)n3)nc(N)c21. The van der Waals surface area contributed by atoms with Gasteiger partial charge in [-0.2, -0.15) is 13.2 Å². The molecule has 1 aliphatic rings. The summed E-state index contributed by atoms with van der Waals surface area (Å²) in [5.74, 6) is -1.41. The summed E-state index contributed by atoms with van der Waals surface area (Å²) in [5.41, 5.74) is 5.38. The van der Waals surface area contributed by atoms with Crippen LogP contribution in [0.25, 0.3) is 17.2 Å². The molecule has 1 unspecified atom stereocenters. The van der Waals surface area contributed by atoms with E-state index in [0.29, 0.717) is 11.1 Å². The number of nitrogens with zero attached hydrogens (tertiary/aromatic N) is 5. The number of hydrogen-bond donors (Lipinski definition) is 2. The minimum Gasteiger partial charge on any atom is -0.383 e. The van der Waals surface area contributed by atoms with Gasteiger partial charge in [0.05, 0.1) is 11.3 Å². The largest absolute Gasteiger partial charge is 0.434 e. The highest BCUT2D eigenvalue weighted by Gasteiger charge is 2.47. The van der Waals surface area contributed by atoms with Crippen LogP contribution in [0.1, 0.15) is 35.0 Å². The summed E-state index contributed by atoms with van der Waals surface area (Å²) in [7, 11) is 0. The van der Waals surface area contributed by atoms with Crippen molar-refractivity contribution in [1.29, 1.82) is 0 Å². The first kappa shape index (κ1) is 25.3. The van der Waals surface area contributed by atoms with Crippen LogP contribution in [0, 0.1) is 11.6 Å². The molecular weight excluding hydrogens is 533 g/mol. The van der Waals surface area contributed by atoms with Crippen LogP contribution in [0.2, 0.25) is 0 Å². The van der Waals surface area contributed by atoms with Gasteiger partial charge in [-0.3, -0.25) is 4.79 Å². The van der Waals surface area contributed by atoms with Gasteiger partial charge in [0, 0.05) is 18.8 Å². The smallest absolute Gasteiger partial charge is 0.383 e.